The maximum absolute atomic E-state index is 12.8. The van der Waals surface area contributed by atoms with Gasteiger partial charge in [0.1, 0.15) is 19.8 Å². The van der Waals surface area contributed by atoms with Crippen LogP contribution < -0.4 is 0 Å². The Hall–Kier alpha value is -2.01. The fourth-order valence-electron chi connectivity index (χ4n) is 4.00. The first-order chi connectivity index (χ1) is 17.2. The largest absolute Gasteiger partial charge is 0.465 e. The summed E-state index contributed by atoms with van der Waals surface area (Å²) in [5.74, 6) is -1.86. The van der Waals surface area contributed by atoms with Gasteiger partial charge in [-0.2, -0.15) is 0 Å². The fraction of sp³-hybridized carbons (Fsp3) is 0.808. The second-order valence-electron chi connectivity index (χ2n) is 10.1. The van der Waals surface area contributed by atoms with Crippen molar-refractivity contribution in [1.82, 2.24) is 9.80 Å². The van der Waals surface area contributed by atoms with E-state index in [-0.39, 0.29) is 49.2 Å². The number of esters is 3. The lowest BCUT2D eigenvalue weighted by Crippen LogP contribution is -2.43. The lowest BCUT2D eigenvalue weighted by molar-refractivity contribution is -0.165. The number of carbonyl (C=O) groups is 3. The molecule has 2 aliphatic heterocycles. The Labute approximate surface area is 215 Å². The molecule has 36 heavy (non-hydrogen) atoms. The van der Waals surface area contributed by atoms with Crippen LogP contribution in [0.4, 0.5) is 0 Å². The summed E-state index contributed by atoms with van der Waals surface area (Å²) in [5.41, 5.74) is -0.583. The Balaban J connectivity index is 1.95. The summed E-state index contributed by atoms with van der Waals surface area (Å²) in [6.07, 6.45) is 0.479. The van der Waals surface area contributed by atoms with Crippen molar-refractivity contribution in [2.24, 2.45) is 17.3 Å². The number of hydrogen-bond acceptors (Lipinski definition) is 10. The first-order valence-electron chi connectivity index (χ1n) is 12.9. The van der Waals surface area contributed by atoms with Crippen LogP contribution in [-0.2, 0) is 38.1 Å². The summed E-state index contributed by atoms with van der Waals surface area (Å²) in [6.45, 7) is 17.6. The van der Waals surface area contributed by atoms with Crippen molar-refractivity contribution in [3.8, 4) is 0 Å². The Morgan fingerprint density at radius 2 is 1.19 bits per heavy atom. The normalized spacial score (nSPS) is 20.6. The SMILES string of the molecule is C=C(C)C(=O)OCC(CC)(COC(=O)C(C)CN1CCOCC1)COC(=O)C(C)CN1CCOCC1. The lowest BCUT2D eigenvalue weighted by Gasteiger charge is -2.33. The molecule has 0 aromatic heterocycles. The van der Waals surface area contributed by atoms with Crippen LogP contribution in [0.3, 0.4) is 0 Å². The minimum absolute atomic E-state index is 0.0234. The van der Waals surface area contributed by atoms with Gasteiger partial charge in [-0.1, -0.05) is 27.4 Å². The summed E-state index contributed by atoms with van der Waals surface area (Å²) in [7, 11) is 0. The number of ether oxygens (including phenoxy) is 5. The minimum Gasteiger partial charge on any atom is -0.465 e. The molecule has 10 heteroatoms. The van der Waals surface area contributed by atoms with Gasteiger partial charge in [-0.25, -0.2) is 4.79 Å². The number of hydrogen-bond donors (Lipinski definition) is 0. The molecule has 0 aliphatic carbocycles. The van der Waals surface area contributed by atoms with Crippen LogP contribution in [0.1, 0.15) is 34.1 Å². The molecule has 2 unspecified atom stereocenters. The molecule has 2 fully saturated rings. The number of morpholine rings is 2. The van der Waals surface area contributed by atoms with Crippen molar-refractivity contribution in [2.45, 2.75) is 34.1 Å². The fourth-order valence-corrected chi connectivity index (χ4v) is 4.00. The van der Waals surface area contributed by atoms with Crippen LogP contribution in [0.15, 0.2) is 12.2 Å². The third kappa shape index (κ3) is 10.2. The minimum atomic E-state index is -0.853. The van der Waals surface area contributed by atoms with Crippen LogP contribution in [-0.4, -0.2) is 113 Å². The third-order valence-corrected chi connectivity index (χ3v) is 6.73. The van der Waals surface area contributed by atoms with Crippen LogP contribution >= 0.6 is 0 Å². The summed E-state index contributed by atoms with van der Waals surface area (Å²) >= 11 is 0. The molecule has 0 saturated carbocycles. The molecule has 2 heterocycles. The van der Waals surface area contributed by atoms with E-state index in [0.29, 0.717) is 45.9 Å². The summed E-state index contributed by atoms with van der Waals surface area (Å²) in [6, 6.07) is 0. The van der Waals surface area contributed by atoms with Gasteiger partial charge in [0.15, 0.2) is 0 Å². The molecule has 2 rings (SSSR count). The predicted molar refractivity (Wildman–Crippen MR) is 133 cm³/mol. The first kappa shape index (κ1) is 30.2. The standard InChI is InChI=1S/C26H44N2O8/c1-6-26(17-34-23(29)20(2)3,18-35-24(30)21(4)15-27-7-11-32-12-8-27)19-36-25(31)22(5)16-28-9-13-33-14-10-28/h21-22H,2,6-19H2,1,3-5H3. The van der Waals surface area contributed by atoms with Crippen LogP contribution in [0.2, 0.25) is 0 Å². The van der Waals surface area contributed by atoms with Crippen molar-refractivity contribution in [1.29, 1.82) is 0 Å². The molecule has 0 amide bonds. The van der Waals surface area contributed by atoms with E-state index >= 15 is 0 Å². The molecule has 206 valence electrons. The van der Waals surface area contributed by atoms with Gasteiger partial charge in [0.25, 0.3) is 0 Å². The Kier molecular flexibility index (Phi) is 12.8. The molecule has 0 aromatic rings. The van der Waals surface area contributed by atoms with Crippen molar-refractivity contribution in [3.05, 3.63) is 12.2 Å². The van der Waals surface area contributed by atoms with E-state index in [4.69, 9.17) is 23.7 Å². The second kappa shape index (κ2) is 15.3. The van der Waals surface area contributed by atoms with Gasteiger partial charge in [-0.3, -0.25) is 19.4 Å². The average molecular weight is 513 g/mol. The van der Waals surface area contributed by atoms with E-state index in [1.807, 2.05) is 20.8 Å². The highest BCUT2D eigenvalue weighted by Crippen LogP contribution is 2.26. The highest BCUT2D eigenvalue weighted by atomic mass is 16.6. The highest BCUT2D eigenvalue weighted by Gasteiger charge is 2.36. The molecule has 10 nitrogen and oxygen atoms in total. The first-order valence-corrected chi connectivity index (χ1v) is 12.9. The zero-order chi connectivity index (χ0) is 26.6. The maximum Gasteiger partial charge on any atom is 0.333 e. The van der Waals surface area contributed by atoms with E-state index in [1.54, 1.807) is 6.92 Å². The van der Waals surface area contributed by atoms with E-state index in [9.17, 15) is 14.4 Å². The van der Waals surface area contributed by atoms with Gasteiger partial charge in [0.05, 0.1) is 43.7 Å². The van der Waals surface area contributed by atoms with Crippen molar-refractivity contribution in [3.63, 3.8) is 0 Å². The van der Waals surface area contributed by atoms with Crippen LogP contribution in [0.5, 0.6) is 0 Å². The molecule has 0 N–H and O–H groups in total. The van der Waals surface area contributed by atoms with Gasteiger partial charge in [0.2, 0.25) is 0 Å². The molecule has 2 aliphatic rings. The van der Waals surface area contributed by atoms with E-state index in [2.05, 4.69) is 16.4 Å². The Bertz CT molecular complexity index is 689. The molecular weight excluding hydrogens is 468 g/mol. The molecule has 2 saturated heterocycles. The van der Waals surface area contributed by atoms with Crippen LogP contribution in [0.25, 0.3) is 0 Å². The zero-order valence-corrected chi connectivity index (χ0v) is 22.4. The molecular formula is C26H44N2O8. The lowest BCUT2D eigenvalue weighted by atomic mass is 9.87. The van der Waals surface area contributed by atoms with E-state index < -0.39 is 11.4 Å². The topological polar surface area (TPSA) is 104 Å². The maximum atomic E-state index is 12.8. The highest BCUT2D eigenvalue weighted by molar-refractivity contribution is 5.86. The molecule has 0 bridgehead atoms. The second-order valence-corrected chi connectivity index (χ2v) is 10.1. The Morgan fingerprint density at radius 1 is 0.806 bits per heavy atom. The van der Waals surface area contributed by atoms with Gasteiger partial charge in [0, 0.05) is 44.8 Å². The summed E-state index contributed by atoms with van der Waals surface area (Å²) < 4.78 is 27.5. The number of rotatable bonds is 14. The Morgan fingerprint density at radius 3 is 1.56 bits per heavy atom. The molecule has 0 spiro atoms. The molecule has 2 atom stereocenters. The van der Waals surface area contributed by atoms with Gasteiger partial charge >= 0.3 is 17.9 Å². The van der Waals surface area contributed by atoms with Gasteiger partial charge < -0.3 is 23.7 Å². The zero-order valence-electron chi connectivity index (χ0n) is 22.4. The third-order valence-electron chi connectivity index (χ3n) is 6.73. The van der Waals surface area contributed by atoms with E-state index in [0.717, 1.165) is 26.2 Å². The summed E-state index contributed by atoms with van der Waals surface area (Å²) in [4.78, 5) is 42.0. The van der Waals surface area contributed by atoms with Crippen LogP contribution in [0, 0.1) is 17.3 Å². The van der Waals surface area contributed by atoms with Gasteiger partial charge in [-0.05, 0) is 13.3 Å². The number of nitrogens with zero attached hydrogens (tertiary/aromatic N) is 2. The van der Waals surface area contributed by atoms with Crippen molar-refractivity contribution < 1.29 is 38.1 Å². The molecule has 0 radical (unpaired) electrons. The smallest absolute Gasteiger partial charge is 0.333 e. The van der Waals surface area contributed by atoms with Crippen molar-refractivity contribution >= 4 is 17.9 Å². The van der Waals surface area contributed by atoms with Crippen molar-refractivity contribution in [2.75, 3.05) is 85.5 Å². The van der Waals surface area contributed by atoms with E-state index in [1.165, 1.54) is 0 Å². The summed E-state index contributed by atoms with van der Waals surface area (Å²) in [5, 5.41) is 0. The predicted octanol–water partition coefficient (Wildman–Crippen LogP) is 1.53. The molecule has 0 aromatic carbocycles. The monoisotopic (exact) mass is 512 g/mol. The quantitative estimate of drug-likeness (QED) is 0.193. The van der Waals surface area contributed by atoms with Gasteiger partial charge in [-0.15, -0.1) is 0 Å². The number of carbonyl (C=O) groups excluding carboxylic acids is 3. The average Bonchev–Trinajstić information content (AvgIpc) is 2.89.